The summed E-state index contributed by atoms with van der Waals surface area (Å²) in [7, 11) is 4.00. The van der Waals surface area contributed by atoms with Crippen LogP contribution in [0.4, 0.5) is 0 Å². The fraction of sp³-hybridized carbons (Fsp3) is 0.688. The van der Waals surface area contributed by atoms with Crippen molar-refractivity contribution in [3.05, 3.63) is 23.7 Å². The Balaban J connectivity index is 2.68. The maximum atomic E-state index is 12.5. The van der Waals surface area contributed by atoms with Gasteiger partial charge < -0.3 is 20.0 Å². The molecule has 1 atom stereocenters. The van der Waals surface area contributed by atoms with E-state index in [4.69, 9.17) is 10.2 Å². The highest BCUT2D eigenvalue weighted by Crippen LogP contribution is 2.12. The van der Waals surface area contributed by atoms with Gasteiger partial charge in [0, 0.05) is 25.6 Å². The number of carbonyl (C=O) groups excluding carboxylic acids is 1. The molecule has 0 saturated heterocycles. The number of hydrogen-bond acceptors (Lipinski definition) is 4. The van der Waals surface area contributed by atoms with Crippen molar-refractivity contribution in [3.8, 4) is 0 Å². The number of likely N-dealkylation sites (N-methyl/N-ethyl adjacent to an activating group) is 1. The summed E-state index contributed by atoms with van der Waals surface area (Å²) in [6, 6.07) is 3.75. The third kappa shape index (κ3) is 6.31. The van der Waals surface area contributed by atoms with E-state index in [1.807, 2.05) is 51.9 Å². The number of furan rings is 1. The molecule has 1 amide bonds. The van der Waals surface area contributed by atoms with Gasteiger partial charge in [0.2, 0.25) is 5.91 Å². The smallest absolute Gasteiger partial charge is 0.224 e. The van der Waals surface area contributed by atoms with Crippen LogP contribution in [0, 0.1) is 12.8 Å². The van der Waals surface area contributed by atoms with Crippen molar-refractivity contribution in [3.63, 3.8) is 0 Å². The van der Waals surface area contributed by atoms with E-state index in [1.54, 1.807) is 0 Å². The molecule has 21 heavy (non-hydrogen) atoms. The van der Waals surface area contributed by atoms with E-state index in [-0.39, 0.29) is 11.9 Å². The first-order valence-corrected chi connectivity index (χ1v) is 7.53. The topological polar surface area (TPSA) is 62.7 Å². The van der Waals surface area contributed by atoms with Gasteiger partial charge in [0.25, 0.3) is 0 Å². The molecule has 1 aromatic heterocycles. The molecule has 0 aliphatic heterocycles. The van der Waals surface area contributed by atoms with Crippen LogP contribution >= 0.6 is 0 Å². The van der Waals surface area contributed by atoms with Crippen LogP contribution in [-0.2, 0) is 11.3 Å². The standard InChI is InChI=1S/C16H29N3O2/c1-12(2)15(17)10-16(20)19(9-8-18(4)5)11-14-7-6-13(3)21-14/h6-7,12,15H,8-11,17H2,1-5H3. The van der Waals surface area contributed by atoms with Gasteiger partial charge in [0.1, 0.15) is 11.5 Å². The number of hydrogen-bond donors (Lipinski definition) is 1. The highest BCUT2D eigenvalue weighted by Gasteiger charge is 2.20. The van der Waals surface area contributed by atoms with Gasteiger partial charge in [-0.15, -0.1) is 0 Å². The highest BCUT2D eigenvalue weighted by atomic mass is 16.3. The average molecular weight is 295 g/mol. The maximum Gasteiger partial charge on any atom is 0.224 e. The average Bonchev–Trinajstić information content (AvgIpc) is 2.79. The largest absolute Gasteiger partial charge is 0.464 e. The van der Waals surface area contributed by atoms with Gasteiger partial charge >= 0.3 is 0 Å². The Hall–Kier alpha value is -1.33. The molecule has 0 bridgehead atoms. The molecule has 0 aliphatic carbocycles. The second kappa shape index (κ2) is 8.20. The molecular formula is C16H29N3O2. The summed E-state index contributed by atoms with van der Waals surface area (Å²) in [6.07, 6.45) is 0.380. The van der Waals surface area contributed by atoms with E-state index in [9.17, 15) is 4.79 Å². The monoisotopic (exact) mass is 295 g/mol. The number of rotatable bonds is 8. The predicted molar refractivity (Wildman–Crippen MR) is 84.8 cm³/mol. The van der Waals surface area contributed by atoms with Gasteiger partial charge in [-0.1, -0.05) is 13.8 Å². The van der Waals surface area contributed by atoms with Crippen molar-refractivity contribution in [2.75, 3.05) is 27.2 Å². The maximum absolute atomic E-state index is 12.5. The van der Waals surface area contributed by atoms with Gasteiger partial charge in [0.15, 0.2) is 0 Å². The third-order valence-corrected chi connectivity index (χ3v) is 3.58. The number of aryl methyl sites for hydroxylation is 1. The summed E-state index contributed by atoms with van der Waals surface area (Å²) in [5, 5.41) is 0. The lowest BCUT2D eigenvalue weighted by atomic mass is 10.0. The van der Waals surface area contributed by atoms with Crippen molar-refractivity contribution >= 4 is 5.91 Å². The molecule has 1 unspecified atom stereocenters. The molecule has 0 fully saturated rings. The Kier molecular flexibility index (Phi) is 6.92. The fourth-order valence-electron chi connectivity index (χ4n) is 1.94. The molecule has 0 aromatic carbocycles. The molecule has 5 heteroatoms. The fourth-order valence-corrected chi connectivity index (χ4v) is 1.94. The summed E-state index contributed by atoms with van der Waals surface area (Å²) in [4.78, 5) is 16.4. The lowest BCUT2D eigenvalue weighted by molar-refractivity contribution is -0.132. The summed E-state index contributed by atoms with van der Waals surface area (Å²) < 4.78 is 5.58. The molecule has 0 aliphatic rings. The van der Waals surface area contributed by atoms with Gasteiger partial charge in [-0.2, -0.15) is 0 Å². The van der Waals surface area contributed by atoms with Crippen LogP contribution in [0.1, 0.15) is 31.8 Å². The van der Waals surface area contributed by atoms with Crippen LogP contribution in [0.15, 0.2) is 16.5 Å². The van der Waals surface area contributed by atoms with Crippen molar-refractivity contribution < 1.29 is 9.21 Å². The molecule has 2 N–H and O–H groups in total. The van der Waals surface area contributed by atoms with Crippen LogP contribution in [0.3, 0.4) is 0 Å². The second-order valence-corrected chi connectivity index (χ2v) is 6.24. The zero-order valence-corrected chi connectivity index (χ0v) is 13.9. The highest BCUT2D eigenvalue weighted by molar-refractivity contribution is 5.76. The Morgan fingerprint density at radius 2 is 1.95 bits per heavy atom. The summed E-state index contributed by atoms with van der Waals surface area (Å²) >= 11 is 0. The minimum absolute atomic E-state index is 0.0899. The van der Waals surface area contributed by atoms with Crippen molar-refractivity contribution in [2.45, 2.75) is 39.8 Å². The lowest BCUT2D eigenvalue weighted by Crippen LogP contribution is -2.40. The first kappa shape index (κ1) is 17.7. The number of nitrogens with two attached hydrogens (primary N) is 1. The minimum Gasteiger partial charge on any atom is -0.464 e. The zero-order valence-electron chi connectivity index (χ0n) is 13.9. The van der Waals surface area contributed by atoms with E-state index in [0.29, 0.717) is 25.4 Å². The molecular weight excluding hydrogens is 266 g/mol. The van der Waals surface area contributed by atoms with Gasteiger partial charge in [-0.3, -0.25) is 4.79 Å². The van der Waals surface area contributed by atoms with Gasteiger partial charge in [0.05, 0.1) is 6.54 Å². The number of carbonyl (C=O) groups is 1. The first-order chi connectivity index (χ1) is 9.79. The molecule has 5 nitrogen and oxygen atoms in total. The van der Waals surface area contributed by atoms with E-state index in [1.165, 1.54) is 0 Å². The van der Waals surface area contributed by atoms with Crippen molar-refractivity contribution in [2.24, 2.45) is 11.7 Å². The SMILES string of the molecule is Cc1ccc(CN(CCN(C)C)C(=O)CC(N)C(C)C)o1. The Morgan fingerprint density at radius 3 is 2.43 bits per heavy atom. The van der Waals surface area contributed by atoms with Crippen molar-refractivity contribution in [1.29, 1.82) is 0 Å². The minimum atomic E-state index is -0.0994. The molecule has 0 radical (unpaired) electrons. The molecule has 0 saturated carbocycles. The molecule has 120 valence electrons. The third-order valence-electron chi connectivity index (χ3n) is 3.58. The summed E-state index contributed by atoms with van der Waals surface area (Å²) in [5.41, 5.74) is 6.03. The van der Waals surface area contributed by atoms with Gasteiger partial charge in [-0.25, -0.2) is 0 Å². The Bertz CT molecular complexity index is 440. The Morgan fingerprint density at radius 1 is 1.29 bits per heavy atom. The van der Waals surface area contributed by atoms with Crippen LogP contribution in [0.5, 0.6) is 0 Å². The summed E-state index contributed by atoms with van der Waals surface area (Å²) in [6.45, 7) is 7.99. The lowest BCUT2D eigenvalue weighted by Gasteiger charge is -2.26. The molecule has 0 spiro atoms. The van der Waals surface area contributed by atoms with Crippen LogP contribution < -0.4 is 5.73 Å². The van der Waals surface area contributed by atoms with E-state index in [0.717, 1.165) is 18.1 Å². The van der Waals surface area contributed by atoms with Crippen LogP contribution in [0.25, 0.3) is 0 Å². The predicted octanol–water partition coefficient (Wildman–Crippen LogP) is 1.85. The summed E-state index contributed by atoms with van der Waals surface area (Å²) in [5.74, 6) is 2.07. The Labute approximate surface area is 128 Å². The number of amides is 1. The number of nitrogens with zero attached hydrogens (tertiary/aromatic N) is 2. The first-order valence-electron chi connectivity index (χ1n) is 7.53. The molecule has 1 rings (SSSR count). The van der Waals surface area contributed by atoms with E-state index < -0.39 is 0 Å². The van der Waals surface area contributed by atoms with Gasteiger partial charge in [-0.05, 0) is 39.1 Å². The van der Waals surface area contributed by atoms with E-state index in [2.05, 4.69) is 4.90 Å². The van der Waals surface area contributed by atoms with Crippen LogP contribution in [-0.4, -0.2) is 48.9 Å². The quantitative estimate of drug-likeness (QED) is 0.795. The second-order valence-electron chi connectivity index (χ2n) is 6.24. The zero-order chi connectivity index (χ0) is 16.0. The normalized spacial score (nSPS) is 13.0. The molecule has 1 heterocycles. The molecule has 1 aromatic rings. The van der Waals surface area contributed by atoms with E-state index >= 15 is 0 Å². The van der Waals surface area contributed by atoms with Crippen LogP contribution in [0.2, 0.25) is 0 Å². The van der Waals surface area contributed by atoms with Crippen molar-refractivity contribution in [1.82, 2.24) is 9.80 Å².